The van der Waals surface area contributed by atoms with Crippen LogP contribution in [0.4, 0.5) is 0 Å². The molecule has 0 spiro atoms. The molecule has 0 bridgehead atoms. The lowest BCUT2D eigenvalue weighted by molar-refractivity contribution is -0.137. The highest BCUT2D eigenvalue weighted by Gasteiger charge is 2.19. The lowest BCUT2D eigenvalue weighted by Crippen LogP contribution is -2.30. The van der Waals surface area contributed by atoms with Crippen LogP contribution in [-0.4, -0.2) is 31.7 Å². The molecular formula is C18H19NO5S. The van der Waals surface area contributed by atoms with Crippen molar-refractivity contribution in [1.29, 1.82) is 0 Å². The van der Waals surface area contributed by atoms with Crippen LogP contribution in [0.5, 0.6) is 0 Å². The van der Waals surface area contributed by atoms with Gasteiger partial charge in [-0.15, -0.1) is 0 Å². The van der Waals surface area contributed by atoms with Gasteiger partial charge in [0.05, 0.1) is 17.4 Å². The molecule has 1 amide bonds. The van der Waals surface area contributed by atoms with E-state index < -0.39 is 27.8 Å². The molecule has 0 aliphatic carbocycles. The van der Waals surface area contributed by atoms with Gasteiger partial charge in [-0.2, -0.15) is 0 Å². The minimum absolute atomic E-state index is 0.115. The molecule has 0 unspecified atom stereocenters. The third-order valence-electron chi connectivity index (χ3n) is 3.71. The highest BCUT2D eigenvalue weighted by atomic mass is 32.2. The van der Waals surface area contributed by atoms with E-state index in [0.717, 1.165) is 11.8 Å². The van der Waals surface area contributed by atoms with Crippen LogP contribution in [0.15, 0.2) is 53.4 Å². The van der Waals surface area contributed by atoms with Crippen molar-refractivity contribution in [2.75, 3.05) is 6.26 Å². The topological polar surface area (TPSA) is 101 Å². The van der Waals surface area contributed by atoms with E-state index in [-0.39, 0.29) is 16.9 Å². The summed E-state index contributed by atoms with van der Waals surface area (Å²) in [6.45, 7) is 1.91. The van der Waals surface area contributed by atoms with Gasteiger partial charge in [-0.25, -0.2) is 8.42 Å². The maximum Gasteiger partial charge on any atom is 0.305 e. The molecular weight excluding hydrogens is 342 g/mol. The summed E-state index contributed by atoms with van der Waals surface area (Å²) in [6, 6.07) is 12.1. The molecule has 2 aromatic rings. The number of carbonyl (C=O) groups is 2. The van der Waals surface area contributed by atoms with Gasteiger partial charge in [-0.1, -0.05) is 29.8 Å². The van der Waals surface area contributed by atoms with Gasteiger partial charge in [0.15, 0.2) is 9.84 Å². The maximum absolute atomic E-state index is 12.4. The van der Waals surface area contributed by atoms with Gasteiger partial charge < -0.3 is 10.4 Å². The summed E-state index contributed by atoms with van der Waals surface area (Å²) >= 11 is 0. The fourth-order valence-electron chi connectivity index (χ4n) is 2.32. The fourth-order valence-corrected chi connectivity index (χ4v) is 2.95. The first kappa shape index (κ1) is 18.7. The molecule has 0 aliphatic rings. The largest absolute Gasteiger partial charge is 0.481 e. The van der Waals surface area contributed by atoms with Crippen LogP contribution in [0.25, 0.3) is 0 Å². The van der Waals surface area contributed by atoms with E-state index in [9.17, 15) is 18.0 Å². The lowest BCUT2D eigenvalue weighted by atomic mass is 10.0. The summed E-state index contributed by atoms with van der Waals surface area (Å²) < 4.78 is 22.9. The number of rotatable bonds is 6. The molecule has 0 fully saturated rings. The molecule has 6 nitrogen and oxygen atoms in total. The minimum atomic E-state index is -3.34. The highest BCUT2D eigenvalue weighted by Crippen LogP contribution is 2.19. The van der Waals surface area contributed by atoms with Crippen molar-refractivity contribution in [3.05, 3.63) is 65.2 Å². The Hall–Kier alpha value is -2.67. The number of aryl methyl sites for hydroxylation is 1. The Morgan fingerprint density at radius 3 is 2.08 bits per heavy atom. The minimum Gasteiger partial charge on any atom is -0.481 e. The monoisotopic (exact) mass is 361 g/mol. The number of carboxylic acids is 1. The second-order valence-corrected chi connectivity index (χ2v) is 7.85. The van der Waals surface area contributed by atoms with Gasteiger partial charge in [-0.3, -0.25) is 9.59 Å². The summed E-state index contributed by atoms with van der Waals surface area (Å²) in [5, 5.41) is 11.8. The Morgan fingerprint density at radius 2 is 1.60 bits per heavy atom. The maximum atomic E-state index is 12.4. The number of carbonyl (C=O) groups excluding carboxylic acids is 1. The number of nitrogens with one attached hydrogen (secondary N) is 1. The number of hydrogen-bond donors (Lipinski definition) is 2. The first-order valence-corrected chi connectivity index (χ1v) is 9.45. The van der Waals surface area contributed by atoms with E-state index in [1.54, 1.807) is 12.1 Å². The molecule has 0 radical (unpaired) electrons. The van der Waals surface area contributed by atoms with E-state index >= 15 is 0 Å². The molecule has 0 saturated heterocycles. The summed E-state index contributed by atoms with van der Waals surface area (Å²) in [7, 11) is -3.34. The number of benzene rings is 2. The molecule has 2 rings (SSSR count). The Labute approximate surface area is 146 Å². The molecule has 0 aromatic heterocycles. The van der Waals surface area contributed by atoms with E-state index in [1.807, 2.05) is 19.1 Å². The van der Waals surface area contributed by atoms with Crippen molar-refractivity contribution < 1.29 is 23.1 Å². The fraction of sp³-hybridized carbons (Fsp3) is 0.222. The SMILES string of the molecule is Cc1ccc([C@@H](CC(=O)O)NC(=O)c2ccc(S(C)(=O)=O)cc2)cc1. The molecule has 2 N–H and O–H groups in total. The Bertz CT molecular complexity index is 871. The third kappa shape index (κ3) is 5.15. The van der Waals surface area contributed by atoms with Crippen LogP contribution < -0.4 is 5.32 Å². The second kappa shape index (κ2) is 7.48. The number of aliphatic carboxylic acids is 1. The number of amides is 1. The van der Waals surface area contributed by atoms with Gasteiger partial charge >= 0.3 is 5.97 Å². The van der Waals surface area contributed by atoms with Crippen LogP contribution in [0.2, 0.25) is 0 Å². The van der Waals surface area contributed by atoms with E-state index in [1.165, 1.54) is 24.3 Å². The first-order chi connectivity index (χ1) is 11.7. The van der Waals surface area contributed by atoms with Crippen LogP contribution in [-0.2, 0) is 14.6 Å². The quantitative estimate of drug-likeness (QED) is 0.822. The van der Waals surface area contributed by atoms with Crippen LogP contribution in [0.3, 0.4) is 0 Å². The molecule has 0 heterocycles. The average Bonchev–Trinajstić information content (AvgIpc) is 2.54. The summed E-state index contributed by atoms with van der Waals surface area (Å²) in [4.78, 5) is 23.6. The predicted molar refractivity (Wildman–Crippen MR) is 93.2 cm³/mol. The third-order valence-corrected chi connectivity index (χ3v) is 4.84. The molecule has 1 atom stereocenters. The van der Waals surface area contributed by atoms with Gasteiger partial charge in [0.1, 0.15) is 0 Å². The van der Waals surface area contributed by atoms with Crippen molar-refractivity contribution in [3.8, 4) is 0 Å². The van der Waals surface area contributed by atoms with Gasteiger partial charge in [0.2, 0.25) is 0 Å². The van der Waals surface area contributed by atoms with Crippen molar-refractivity contribution in [2.45, 2.75) is 24.3 Å². The Morgan fingerprint density at radius 1 is 1.04 bits per heavy atom. The van der Waals surface area contributed by atoms with Crippen molar-refractivity contribution in [2.24, 2.45) is 0 Å². The first-order valence-electron chi connectivity index (χ1n) is 7.56. The average molecular weight is 361 g/mol. The highest BCUT2D eigenvalue weighted by molar-refractivity contribution is 7.90. The van der Waals surface area contributed by atoms with E-state index in [2.05, 4.69) is 5.32 Å². The van der Waals surface area contributed by atoms with Crippen LogP contribution in [0, 0.1) is 6.92 Å². The van der Waals surface area contributed by atoms with E-state index in [0.29, 0.717) is 5.56 Å². The summed E-state index contributed by atoms with van der Waals surface area (Å²) in [6.07, 6.45) is 0.832. The number of hydrogen-bond acceptors (Lipinski definition) is 4. The lowest BCUT2D eigenvalue weighted by Gasteiger charge is -2.18. The zero-order valence-electron chi connectivity index (χ0n) is 13.9. The van der Waals surface area contributed by atoms with Gasteiger partial charge in [0.25, 0.3) is 5.91 Å². The Kier molecular flexibility index (Phi) is 5.58. The van der Waals surface area contributed by atoms with Crippen LogP contribution >= 0.6 is 0 Å². The molecule has 132 valence electrons. The van der Waals surface area contributed by atoms with E-state index in [4.69, 9.17) is 5.11 Å². The molecule has 7 heteroatoms. The Balaban J connectivity index is 2.21. The predicted octanol–water partition coefficient (Wildman–Crippen LogP) is 2.34. The molecule has 0 saturated carbocycles. The molecule has 2 aromatic carbocycles. The number of sulfone groups is 1. The zero-order valence-corrected chi connectivity index (χ0v) is 14.7. The van der Waals surface area contributed by atoms with Gasteiger partial charge in [-0.05, 0) is 36.8 Å². The smallest absolute Gasteiger partial charge is 0.305 e. The normalized spacial score (nSPS) is 12.4. The van der Waals surface area contributed by atoms with Crippen molar-refractivity contribution in [3.63, 3.8) is 0 Å². The zero-order chi connectivity index (χ0) is 18.6. The number of carboxylic acid groups (broad SMARTS) is 1. The summed E-state index contributed by atoms with van der Waals surface area (Å²) in [5.41, 5.74) is 1.98. The van der Waals surface area contributed by atoms with Gasteiger partial charge in [0, 0.05) is 11.8 Å². The second-order valence-electron chi connectivity index (χ2n) is 5.83. The van der Waals surface area contributed by atoms with Crippen LogP contribution in [0.1, 0.15) is 33.9 Å². The standard InChI is InChI=1S/C18H19NO5S/c1-12-3-5-13(6-4-12)16(11-17(20)21)19-18(22)14-7-9-15(10-8-14)25(2,23)24/h3-10,16H,11H2,1-2H3,(H,19,22)(H,20,21)/t16-/m1/s1. The van der Waals surface area contributed by atoms with Crippen molar-refractivity contribution in [1.82, 2.24) is 5.32 Å². The molecule has 25 heavy (non-hydrogen) atoms. The van der Waals surface area contributed by atoms with Crippen molar-refractivity contribution >= 4 is 21.7 Å². The molecule has 0 aliphatic heterocycles. The summed E-state index contributed by atoms with van der Waals surface area (Å²) in [5.74, 6) is -1.50.